The van der Waals surface area contributed by atoms with E-state index >= 15 is 0 Å². The first-order chi connectivity index (χ1) is 34.9. The number of ether oxygens (including phenoxy) is 3. The number of carbonyl (C=O) groups excluding carboxylic acids is 2. The largest absolute Gasteiger partial charge is 0.481 e. The summed E-state index contributed by atoms with van der Waals surface area (Å²) in [6.45, 7) is 1.38. The quantitative estimate of drug-likeness (QED) is 0.0231. The van der Waals surface area contributed by atoms with E-state index in [2.05, 4.69) is 52.7 Å². The summed E-state index contributed by atoms with van der Waals surface area (Å²) in [4.78, 5) is 64.1. The van der Waals surface area contributed by atoms with Crippen LogP contribution >= 0.6 is 15.6 Å². The molecule has 0 spiro atoms. The Balaban J connectivity index is 1.76. The molecule has 0 saturated carbocycles. The Morgan fingerprint density at radius 3 is 2.15 bits per heavy atom. The van der Waals surface area contributed by atoms with Crippen LogP contribution in [-0.2, 0) is 46.3 Å². The number of aliphatic hydroxyl groups excluding tert-OH is 5. The first kappa shape index (κ1) is 63.6. The van der Waals surface area contributed by atoms with E-state index in [1.807, 2.05) is 6.92 Å². The van der Waals surface area contributed by atoms with Gasteiger partial charge in [0.05, 0.1) is 44.1 Å². The number of rotatable bonds is 24. The van der Waals surface area contributed by atoms with Crippen molar-refractivity contribution < 1.29 is 81.6 Å². The van der Waals surface area contributed by atoms with Gasteiger partial charge in [-0.1, -0.05) is 120 Å². The van der Waals surface area contributed by atoms with Crippen molar-refractivity contribution in [3.63, 3.8) is 0 Å². The van der Waals surface area contributed by atoms with Gasteiger partial charge >= 0.3 is 33.3 Å². The standard InChI is InChI=1S/C50H81N3O18P2/c1-3-5-7-8-9-10-11-12-13-14-15-16-17-18-19-20-22-27-45(57)66-34-38-35-67-72(62,63)71-73(64,65)68-36-43-48(60)47(59)39(30-29-37(54)25-21-6-4-2)41(55)33-42(56)40(26-23-24-28-46(58)69-38)49(70-43)53-32-31-44(51)52-50(53)61/h9-10,12-13,15-16,23-24,29-32,37-43,47-49,54-56,59-60H,3-8,11,14,17-22,25-28,33-36H2,1-2H3,(H,62,63)(H,64,65)(H2,51,52,61)/b10-9-,13-12-,16-15-,24-23-,30-29+/t37-,38-,39+,40-,41-,42+,43-,47+,48-,49-/m1/s1. The van der Waals surface area contributed by atoms with Gasteiger partial charge in [0.25, 0.3) is 0 Å². The van der Waals surface area contributed by atoms with Crippen molar-refractivity contribution in [1.29, 1.82) is 0 Å². The molecule has 9 N–H and O–H groups in total. The molecule has 1 fully saturated rings. The highest BCUT2D eigenvalue weighted by Crippen LogP contribution is 2.60. The van der Waals surface area contributed by atoms with E-state index in [0.717, 1.165) is 68.6 Å². The number of allylic oxidation sites excluding steroid dienone is 7. The van der Waals surface area contributed by atoms with E-state index < -0.39 is 127 Å². The number of carbonyl (C=O) groups is 2. The summed E-state index contributed by atoms with van der Waals surface area (Å²) in [5.74, 6) is -4.46. The molecule has 3 rings (SSSR count). The van der Waals surface area contributed by atoms with Crippen LogP contribution in [0.1, 0.15) is 142 Å². The number of aliphatic hydroxyl groups is 5. The second-order valence-electron chi connectivity index (χ2n) is 18.3. The van der Waals surface area contributed by atoms with Gasteiger partial charge in [0, 0.05) is 30.9 Å². The summed E-state index contributed by atoms with van der Waals surface area (Å²) in [5.41, 5.74) is 4.73. The number of cyclic esters (lactones) is 1. The molecule has 3 heterocycles. The normalized spacial score (nSPS) is 30.4. The third-order valence-electron chi connectivity index (χ3n) is 12.2. The summed E-state index contributed by atoms with van der Waals surface area (Å²) in [7, 11) is -11.3. The number of nitrogens with two attached hydrogens (primary N) is 1. The lowest BCUT2D eigenvalue weighted by Crippen LogP contribution is -2.52. The van der Waals surface area contributed by atoms with Gasteiger partial charge in [-0.15, -0.1) is 0 Å². The molecule has 12 atom stereocenters. The van der Waals surface area contributed by atoms with Crippen LogP contribution in [0.2, 0.25) is 0 Å². The molecular formula is C50H81N3O18P2. The molecule has 2 bridgehead atoms. The van der Waals surface area contributed by atoms with E-state index in [4.69, 9.17) is 29.0 Å². The Kier molecular flexibility index (Phi) is 30.4. The van der Waals surface area contributed by atoms with Crippen LogP contribution in [0.5, 0.6) is 0 Å². The van der Waals surface area contributed by atoms with Gasteiger partial charge in [0.15, 0.2) is 6.10 Å². The highest BCUT2D eigenvalue weighted by atomic mass is 31.3. The molecule has 2 aliphatic rings. The van der Waals surface area contributed by atoms with Gasteiger partial charge in [0.1, 0.15) is 30.9 Å². The smallest absolute Gasteiger partial charge is 0.462 e. The summed E-state index contributed by atoms with van der Waals surface area (Å²) >= 11 is 0. The molecule has 0 amide bonds. The minimum absolute atomic E-state index is 0.0320. The zero-order valence-electron chi connectivity index (χ0n) is 42.2. The molecule has 1 saturated heterocycles. The van der Waals surface area contributed by atoms with Crippen molar-refractivity contribution >= 4 is 33.4 Å². The SMILES string of the molecule is CCCCC/C=C\C/C=C\C/C=C\CCCCCCC(=O)OC[C@@H]1COP(=O)(O)OP(=O)(O)OC[C@H]2O[C@@H](n3ccc(N)nc3=O)[C@H](C/C=C\CC(=O)O1)[C@@H](O)C[C@@H](O)[C@H](/C=C/[C@H](O)CCCCC)[C@H](O)[C@@H]2O. The summed E-state index contributed by atoms with van der Waals surface area (Å²) in [6, 6.07) is 1.22. The number of fused-ring (bicyclic) bond motifs is 3. The second kappa shape index (κ2) is 34.8. The first-order valence-corrected chi connectivity index (χ1v) is 28.5. The average molecular weight is 1070 g/mol. The molecule has 0 aromatic carbocycles. The lowest BCUT2D eigenvalue weighted by atomic mass is 9.82. The molecule has 1 aromatic heterocycles. The predicted octanol–water partition coefficient (Wildman–Crippen LogP) is 6.71. The number of nitrogen functional groups attached to an aromatic ring is 1. The number of anilines is 1. The Bertz CT molecular complexity index is 2080. The van der Waals surface area contributed by atoms with Gasteiger partial charge in [-0.25, -0.2) is 13.9 Å². The number of unbranched alkanes of at least 4 members (excludes halogenated alkanes) is 9. The molecule has 2 unspecified atom stereocenters. The number of hydrogen-bond acceptors (Lipinski definition) is 18. The van der Waals surface area contributed by atoms with E-state index in [9.17, 15) is 58.8 Å². The topological polar surface area (TPSA) is 326 Å². The summed E-state index contributed by atoms with van der Waals surface area (Å²) in [6.07, 6.45) is 18.1. The maximum atomic E-state index is 13.3. The monoisotopic (exact) mass is 1070 g/mol. The number of nitrogens with zero attached hydrogens (tertiary/aromatic N) is 2. The number of phosphoric acid groups is 2. The van der Waals surface area contributed by atoms with Crippen molar-refractivity contribution in [3.8, 4) is 0 Å². The zero-order chi connectivity index (χ0) is 53.7. The van der Waals surface area contributed by atoms with Crippen molar-refractivity contribution in [2.45, 2.75) is 185 Å². The fraction of sp³-hybridized carbons (Fsp3) is 0.680. The Labute approximate surface area is 429 Å². The zero-order valence-corrected chi connectivity index (χ0v) is 44.0. The van der Waals surface area contributed by atoms with Crippen LogP contribution in [0.15, 0.2) is 77.8 Å². The number of aromatic nitrogens is 2. The highest BCUT2D eigenvalue weighted by molar-refractivity contribution is 7.61. The number of hydrogen-bond donors (Lipinski definition) is 8. The van der Waals surface area contributed by atoms with Crippen LogP contribution in [0.4, 0.5) is 5.82 Å². The second-order valence-corrected chi connectivity index (χ2v) is 21.3. The lowest BCUT2D eigenvalue weighted by molar-refractivity contribution is -0.194. The molecule has 2 aliphatic heterocycles. The molecule has 414 valence electrons. The van der Waals surface area contributed by atoms with E-state index in [-0.39, 0.29) is 18.7 Å². The molecule has 73 heavy (non-hydrogen) atoms. The molecular weight excluding hydrogens is 993 g/mol. The van der Waals surface area contributed by atoms with Gasteiger partial charge in [-0.3, -0.25) is 23.2 Å². The van der Waals surface area contributed by atoms with Crippen molar-refractivity contribution in [1.82, 2.24) is 9.55 Å². The predicted molar refractivity (Wildman–Crippen MR) is 272 cm³/mol. The Morgan fingerprint density at radius 2 is 1.48 bits per heavy atom. The fourth-order valence-corrected chi connectivity index (χ4v) is 10.2. The van der Waals surface area contributed by atoms with Crippen LogP contribution in [0, 0.1) is 11.8 Å². The molecule has 0 aliphatic carbocycles. The van der Waals surface area contributed by atoms with Gasteiger partial charge in [0.2, 0.25) is 0 Å². The highest BCUT2D eigenvalue weighted by Gasteiger charge is 2.45. The third-order valence-corrected chi connectivity index (χ3v) is 14.8. The van der Waals surface area contributed by atoms with E-state index in [0.29, 0.717) is 19.3 Å². The molecule has 1 aromatic rings. The van der Waals surface area contributed by atoms with Crippen molar-refractivity contribution in [2.24, 2.45) is 11.8 Å². The maximum absolute atomic E-state index is 13.3. The van der Waals surface area contributed by atoms with E-state index in [1.54, 1.807) is 0 Å². The Morgan fingerprint density at radius 1 is 0.849 bits per heavy atom. The van der Waals surface area contributed by atoms with Gasteiger partial charge in [-0.05, 0) is 63.9 Å². The molecule has 23 heteroatoms. The van der Waals surface area contributed by atoms with Gasteiger partial charge in [-0.2, -0.15) is 9.29 Å². The van der Waals surface area contributed by atoms with Gasteiger partial charge < -0.3 is 55.3 Å². The number of esters is 2. The minimum atomic E-state index is -5.70. The van der Waals surface area contributed by atoms with Crippen molar-refractivity contribution in [2.75, 3.05) is 25.6 Å². The Hall–Kier alpha value is -3.66. The first-order valence-electron chi connectivity index (χ1n) is 25.6. The number of phosphoric ester groups is 2. The average Bonchev–Trinajstić information content (AvgIpc) is 3.33. The third kappa shape index (κ3) is 25.6. The minimum Gasteiger partial charge on any atom is -0.462 e. The van der Waals surface area contributed by atoms with Crippen LogP contribution < -0.4 is 11.4 Å². The van der Waals surface area contributed by atoms with Crippen LogP contribution in [0.25, 0.3) is 0 Å². The van der Waals surface area contributed by atoms with E-state index in [1.165, 1.54) is 49.6 Å². The summed E-state index contributed by atoms with van der Waals surface area (Å²) < 4.78 is 58.5. The van der Waals surface area contributed by atoms with Crippen molar-refractivity contribution in [3.05, 3.63) is 83.5 Å². The fourth-order valence-electron chi connectivity index (χ4n) is 8.04. The van der Waals surface area contributed by atoms with Crippen LogP contribution in [-0.4, -0.2) is 119 Å². The molecule has 21 nitrogen and oxygen atoms in total. The summed E-state index contributed by atoms with van der Waals surface area (Å²) in [5, 5.41) is 57.2. The van der Waals surface area contributed by atoms with Crippen LogP contribution in [0.3, 0.4) is 0 Å². The maximum Gasteiger partial charge on any atom is 0.481 e. The molecule has 0 radical (unpaired) electrons. The lowest BCUT2D eigenvalue weighted by Gasteiger charge is -2.40.